The van der Waals surface area contributed by atoms with E-state index in [0.29, 0.717) is 13.1 Å². The highest BCUT2D eigenvalue weighted by Crippen LogP contribution is 2.12. The lowest BCUT2D eigenvalue weighted by Crippen LogP contribution is -2.46. The SMILES string of the molecule is CCn1c(=O)n(CC(=O)NCC(C)(C)N)c2ccccc21. The van der Waals surface area contributed by atoms with E-state index in [-0.39, 0.29) is 18.1 Å². The summed E-state index contributed by atoms with van der Waals surface area (Å²) < 4.78 is 3.16. The normalized spacial score (nSPS) is 11.8. The van der Waals surface area contributed by atoms with Gasteiger partial charge in [-0.3, -0.25) is 13.9 Å². The van der Waals surface area contributed by atoms with Gasteiger partial charge in [0.25, 0.3) is 0 Å². The van der Waals surface area contributed by atoms with Gasteiger partial charge in [0, 0.05) is 18.6 Å². The molecule has 0 unspecified atom stereocenters. The molecule has 0 bridgehead atoms. The third-order valence-electron chi connectivity index (χ3n) is 3.28. The van der Waals surface area contributed by atoms with Gasteiger partial charge in [-0.25, -0.2) is 4.79 Å². The van der Waals surface area contributed by atoms with Crippen molar-refractivity contribution in [2.24, 2.45) is 5.73 Å². The number of carbonyl (C=O) groups excluding carboxylic acids is 1. The Balaban J connectivity index is 2.29. The number of hydrogen-bond donors (Lipinski definition) is 2. The summed E-state index contributed by atoms with van der Waals surface area (Å²) in [5.74, 6) is -0.213. The second-order valence-electron chi connectivity index (χ2n) is 5.87. The van der Waals surface area contributed by atoms with Crippen LogP contribution in [-0.4, -0.2) is 27.1 Å². The van der Waals surface area contributed by atoms with E-state index in [1.807, 2.05) is 45.0 Å². The van der Waals surface area contributed by atoms with Crippen LogP contribution in [0.25, 0.3) is 11.0 Å². The van der Waals surface area contributed by atoms with Crippen LogP contribution in [0.3, 0.4) is 0 Å². The number of carbonyl (C=O) groups is 1. The lowest BCUT2D eigenvalue weighted by atomic mass is 10.1. The van der Waals surface area contributed by atoms with E-state index in [1.165, 1.54) is 4.57 Å². The lowest BCUT2D eigenvalue weighted by Gasteiger charge is -2.18. The fourth-order valence-corrected chi connectivity index (χ4v) is 2.26. The number of nitrogens with zero attached hydrogens (tertiary/aromatic N) is 2. The maximum atomic E-state index is 12.4. The van der Waals surface area contributed by atoms with E-state index in [9.17, 15) is 9.59 Å². The number of aryl methyl sites for hydroxylation is 1. The Labute approximate surface area is 123 Å². The first-order chi connectivity index (χ1) is 9.83. The molecule has 1 aromatic heterocycles. The van der Waals surface area contributed by atoms with Gasteiger partial charge in [0.15, 0.2) is 0 Å². The molecule has 2 aromatic rings. The summed E-state index contributed by atoms with van der Waals surface area (Å²) in [6, 6.07) is 7.48. The van der Waals surface area contributed by atoms with Gasteiger partial charge in [-0.2, -0.15) is 0 Å². The standard InChI is InChI=1S/C15H22N4O2/c1-4-18-11-7-5-6-8-12(11)19(14(18)21)9-13(20)17-10-15(2,3)16/h5-8H,4,9-10,16H2,1-3H3,(H,17,20). The molecule has 1 amide bonds. The number of benzene rings is 1. The maximum Gasteiger partial charge on any atom is 0.329 e. The Morgan fingerprint density at radius 1 is 1.24 bits per heavy atom. The van der Waals surface area contributed by atoms with Crippen LogP contribution < -0.4 is 16.7 Å². The first-order valence-electron chi connectivity index (χ1n) is 7.07. The average Bonchev–Trinajstić information content (AvgIpc) is 2.68. The monoisotopic (exact) mass is 290 g/mol. The molecule has 0 atom stereocenters. The third kappa shape index (κ3) is 3.33. The van der Waals surface area contributed by atoms with Crippen LogP contribution in [0.2, 0.25) is 0 Å². The highest BCUT2D eigenvalue weighted by atomic mass is 16.2. The molecule has 3 N–H and O–H groups in total. The van der Waals surface area contributed by atoms with Crippen LogP contribution in [0.1, 0.15) is 20.8 Å². The van der Waals surface area contributed by atoms with E-state index in [4.69, 9.17) is 5.73 Å². The van der Waals surface area contributed by atoms with Crippen molar-refractivity contribution in [2.45, 2.75) is 39.4 Å². The molecular weight excluding hydrogens is 268 g/mol. The number of aromatic nitrogens is 2. The van der Waals surface area contributed by atoms with Crippen molar-refractivity contribution >= 4 is 16.9 Å². The number of imidazole rings is 1. The quantitative estimate of drug-likeness (QED) is 0.849. The third-order valence-corrected chi connectivity index (χ3v) is 3.28. The Kier molecular flexibility index (Phi) is 4.18. The average molecular weight is 290 g/mol. The maximum absolute atomic E-state index is 12.4. The molecule has 6 nitrogen and oxygen atoms in total. The van der Waals surface area contributed by atoms with Crippen LogP contribution in [0.4, 0.5) is 0 Å². The van der Waals surface area contributed by atoms with Crippen molar-refractivity contribution in [1.29, 1.82) is 0 Å². The number of nitrogens with two attached hydrogens (primary N) is 1. The predicted octanol–water partition coefficient (Wildman–Crippen LogP) is 0.676. The number of hydrogen-bond acceptors (Lipinski definition) is 3. The van der Waals surface area contributed by atoms with Crippen LogP contribution in [0.5, 0.6) is 0 Å². The van der Waals surface area contributed by atoms with Crippen molar-refractivity contribution < 1.29 is 4.79 Å². The first-order valence-corrected chi connectivity index (χ1v) is 7.07. The molecule has 2 rings (SSSR count). The predicted molar refractivity (Wildman–Crippen MR) is 83.1 cm³/mol. The van der Waals surface area contributed by atoms with Crippen molar-refractivity contribution in [2.75, 3.05) is 6.54 Å². The molecule has 0 saturated heterocycles. The fourth-order valence-electron chi connectivity index (χ4n) is 2.26. The van der Waals surface area contributed by atoms with E-state index in [0.717, 1.165) is 11.0 Å². The number of nitrogens with one attached hydrogen (secondary N) is 1. The second kappa shape index (κ2) is 5.73. The molecule has 21 heavy (non-hydrogen) atoms. The number of rotatable bonds is 5. The Bertz CT molecular complexity index is 707. The smallest absolute Gasteiger partial charge is 0.329 e. The lowest BCUT2D eigenvalue weighted by molar-refractivity contribution is -0.121. The minimum absolute atomic E-state index is 0.00241. The van der Waals surface area contributed by atoms with Crippen LogP contribution in [-0.2, 0) is 17.9 Å². The molecule has 0 aliphatic carbocycles. The Morgan fingerprint density at radius 3 is 2.33 bits per heavy atom. The number of amides is 1. The van der Waals surface area contributed by atoms with Gasteiger partial charge in [0.2, 0.25) is 5.91 Å². The molecule has 0 radical (unpaired) electrons. The van der Waals surface area contributed by atoms with Gasteiger partial charge in [-0.15, -0.1) is 0 Å². The van der Waals surface area contributed by atoms with Crippen molar-refractivity contribution in [3.63, 3.8) is 0 Å². The largest absolute Gasteiger partial charge is 0.353 e. The molecule has 6 heteroatoms. The van der Waals surface area contributed by atoms with Crippen LogP contribution >= 0.6 is 0 Å². The molecule has 0 saturated carbocycles. The Hall–Kier alpha value is -2.08. The molecule has 0 aliphatic rings. The highest BCUT2D eigenvalue weighted by Gasteiger charge is 2.16. The molecule has 1 heterocycles. The zero-order valence-electron chi connectivity index (χ0n) is 12.7. The first kappa shape index (κ1) is 15.3. The van der Waals surface area contributed by atoms with Gasteiger partial charge in [0.1, 0.15) is 6.54 Å². The zero-order chi connectivity index (χ0) is 15.6. The minimum Gasteiger partial charge on any atom is -0.353 e. The molecule has 1 aromatic carbocycles. The van der Waals surface area contributed by atoms with Gasteiger partial charge >= 0.3 is 5.69 Å². The minimum atomic E-state index is -0.474. The van der Waals surface area contributed by atoms with Crippen LogP contribution in [0, 0.1) is 0 Å². The van der Waals surface area contributed by atoms with Gasteiger partial charge in [-0.1, -0.05) is 12.1 Å². The summed E-state index contributed by atoms with van der Waals surface area (Å²) in [5, 5.41) is 2.76. The summed E-state index contributed by atoms with van der Waals surface area (Å²) in [6.45, 7) is 6.53. The van der Waals surface area contributed by atoms with Crippen molar-refractivity contribution in [3.05, 3.63) is 34.7 Å². The van der Waals surface area contributed by atoms with E-state index in [1.54, 1.807) is 4.57 Å². The summed E-state index contributed by atoms with van der Waals surface area (Å²) in [6.07, 6.45) is 0. The second-order valence-corrected chi connectivity index (χ2v) is 5.87. The van der Waals surface area contributed by atoms with Gasteiger partial charge in [-0.05, 0) is 32.9 Å². The Morgan fingerprint density at radius 2 is 1.81 bits per heavy atom. The fraction of sp³-hybridized carbons (Fsp3) is 0.467. The van der Waals surface area contributed by atoms with Gasteiger partial charge < -0.3 is 11.1 Å². The topological polar surface area (TPSA) is 82.0 Å². The summed E-state index contributed by atoms with van der Waals surface area (Å²) in [7, 11) is 0. The van der Waals surface area contributed by atoms with Gasteiger partial charge in [0.05, 0.1) is 11.0 Å². The molecule has 114 valence electrons. The summed E-state index contributed by atoms with van der Waals surface area (Å²) >= 11 is 0. The molecule has 0 fully saturated rings. The molecule has 0 spiro atoms. The number of fused-ring (bicyclic) bond motifs is 1. The zero-order valence-corrected chi connectivity index (χ0v) is 12.7. The molecule has 0 aliphatic heterocycles. The van der Waals surface area contributed by atoms with Crippen molar-refractivity contribution in [1.82, 2.24) is 14.5 Å². The number of para-hydroxylation sites is 2. The van der Waals surface area contributed by atoms with E-state index < -0.39 is 5.54 Å². The summed E-state index contributed by atoms with van der Waals surface area (Å²) in [4.78, 5) is 24.4. The summed E-state index contributed by atoms with van der Waals surface area (Å²) in [5.41, 5.74) is 6.81. The van der Waals surface area contributed by atoms with Crippen LogP contribution in [0.15, 0.2) is 29.1 Å². The van der Waals surface area contributed by atoms with Crippen molar-refractivity contribution in [3.8, 4) is 0 Å². The molecular formula is C15H22N4O2. The van der Waals surface area contributed by atoms with E-state index in [2.05, 4.69) is 5.32 Å². The highest BCUT2D eigenvalue weighted by molar-refractivity contribution is 5.80. The van der Waals surface area contributed by atoms with E-state index >= 15 is 0 Å².